The van der Waals surface area contributed by atoms with Crippen molar-refractivity contribution in [3.8, 4) is 11.5 Å². The Balaban J connectivity index is 2.05. The Hall–Kier alpha value is -2.89. The molecule has 0 unspecified atom stereocenters. The molecular formula is C16H15FN2O3. The lowest BCUT2D eigenvalue weighted by molar-refractivity contribution is 0.0954. The van der Waals surface area contributed by atoms with Gasteiger partial charge in [-0.15, -0.1) is 0 Å². The van der Waals surface area contributed by atoms with E-state index in [1.165, 1.54) is 31.5 Å². The van der Waals surface area contributed by atoms with Gasteiger partial charge in [-0.05, 0) is 42.0 Å². The number of hydrogen-bond acceptors (Lipinski definition) is 4. The summed E-state index contributed by atoms with van der Waals surface area (Å²) in [6, 6.07) is 10.6. The molecule has 2 aromatic rings. The lowest BCUT2D eigenvalue weighted by Crippen LogP contribution is -2.17. The first-order chi connectivity index (χ1) is 10.6. The Morgan fingerprint density at radius 2 is 1.91 bits per heavy atom. The molecule has 2 aromatic carbocycles. The van der Waals surface area contributed by atoms with E-state index in [2.05, 4.69) is 10.5 Å². The summed E-state index contributed by atoms with van der Waals surface area (Å²) in [4.78, 5) is 11.8. The molecule has 1 amide bonds. The van der Waals surface area contributed by atoms with Crippen molar-refractivity contribution in [1.29, 1.82) is 0 Å². The van der Waals surface area contributed by atoms with E-state index in [-0.39, 0.29) is 5.56 Å². The minimum Gasteiger partial charge on any atom is -0.493 e. The highest BCUT2D eigenvalue weighted by molar-refractivity contribution is 5.94. The van der Waals surface area contributed by atoms with Gasteiger partial charge in [-0.2, -0.15) is 5.10 Å². The molecule has 0 aliphatic carbocycles. The number of carbonyl (C=O) groups excluding carboxylic acids is 1. The predicted molar refractivity (Wildman–Crippen MR) is 81.0 cm³/mol. The van der Waals surface area contributed by atoms with E-state index >= 15 is 0 Å². The summed E-state index contributed by atoms with van der Waals surface area (Å²) in [5.41, 5.74) is 3.25. The summed E-state index contributed by atoms with van der Waals surface area (Å²) in [7, 11) is 3.08. The summed E-state index contributed by atoms with van der Waals surface area (Å²) in [6.45, 7) is 0. The zero-order chi connectivity index (χ0) is 15.9. The fourth-order valence-electron chi connectivity index (χ4n) is 1.79. The number of rotatable bonds is 5. The molecule has 0 aliphatic rings. The number of nitrogens with zero attached hydrogens (tertiary/aromatic N) is 1. The van der Waals surface area contributed by atoms with E-state index < -0.39 is 11.7 Å². The number of amides is 1. The molecule has 0 bridgehead atoms. The quantitative estimate of drug-likeness (QED) is 0.682. The number of nitrogens with one attached hydrogen (secondary N) is 1. The fraction of sp³-hybridized carbons (Fsp3) is 0.125. The number of hydrogen-bond donors (Lipinski definition) is 1. The van der Waals surface area contributed by atoms with Gasteiger partial charge in [-0.3, -0.25) is 4.79 Å². The van der Waals surface area contributed by atoms with Crippen LogP contribution in [0.25, 0.3) is 0 Å². The normalized spacial score (nSPS) is 10.5. The van der Waals surface area contributed by atoms with Crippen molar-refractivity contribution in [2.45, 2.75) is 0 Å². The lowest BCUT2D eigenvalue weighted by atomic mass is 10.2. The van der Waals surface area contributed by atoms with Crippen LogP contribution in [-0.4, -0.2) is 26.3 Å². The lowest BCUT2D eigenvalue weighted by Gasteiger charge is -2.07. The summed E-state index contributed by atoms with van der Waals surface area (Å²) in [5.74, 6) is 0.194. The average molecular weight is 302 g/mol. The molecular weight excluding hydrogens is 287 g/mol. The van der Waals surface area contributed by atoms with Crippen molar-refractivity contribution in [2.24, 2.45) is 5.10 Å². The number of halogens is 1. The highest BCUT2D eigenvalue weighted by Gasteiger charge is 2.05. The van der Waals surface area contributed by atoms with E-state index in [1.54, 1.807) is 25.3 Å². The standard InChI is InChI=1S/C16H15FN2O3/c1-21-14-7-6-11(8-15(14)22-2)10-18-19-16(20)12-4-3-5-13(17)9-12/h3-10H,1-2H3,(H,19,20). The first-order valence-corrected chi connectivity index (χ1v) is 6.45. The molecule has 0 heterocycles. The van der Waals surface area contributed by atoms with Crippen LogP contribution in [0.4, 0.5) is 4.39 Å². The third-order valence-electron chi connectivity index (χ3n) is 2.87. The zero-order valence-electron chi connectivity index (χ0n) is 12.2. The molecule has 0 saturated carbocycles. The van der Waals surface area contributed by atoms with Gasteiger partial charge in [0, 0.05) is 5.56 Å². The first-order valence-electron chi connectivity index (χ1n) is 6.45. The molecule has 0 aromatic heterocycles. The Morgan fingerprint density at radius 1 is 1.14 bits per heavy atom. The Morgan fingerprint density at radius 3 is 2.59 bits per heavy atom. The van der Waals surface area contributed by atoms with Crippen molar-refractivity contribution < 1.29 is 18.7 Å². The third-order valence-corrected chi connectivity index (χ3v) is 2.87. The predicted octanol–water partition coefficient (Wildman–Crippen LogP) is 2.61. The molecule has 22 heavy (non-hydrogen) atoms. The molecule has 1 N–H and O–H groups in total. The van der Waals surface area contributed by atoms with Crippen molar-refractivity contribution >= 4 is 12.1 Å². The van der Waals surface area contributed by atoms with Crippen molar-refractivity contribution in [1.82, 2.24) is 5.43 Å². The van der Waals surface area contributed by atoms with Crippen LogP contribution in [-0.2, 0) is 0 Å². The van der Waals surface area contributed by atoms with Gasteiger partial charge in [-0.25, -0.2) is 9.82 Å². The third kappa shape index (κ3) is 3.82. The Bertz CT molecular complexity index is 702. The summed E-state index contributed by atoms with van der Waals surface area (Å²) >= 11 is 0. The van der Waals surface area contributed by atoms with Crippen LogP contribution in [0.1, 0.15) is 15.9 Å². The topological polar surface area (TPSA) is 59.9 Å². The van der Waals surface area contributed by atoms with E-state index in [0.29, 0.717) is 11.5 Å². The molecule has 2 rings (SSSR count). The molecule has 114 valence electrons. The van der Waals surface area contributed by atoms with Gasteiger partial charge in [0.05, 0.1) is 20.4 Å². The van der Waals surface area contributed by atoms with Gasteiger partial charge >= 0.3 is 0 Å². The second-order valence-electron chi connectivity index (χ2n) is 4.32. The Labute approximate surface area is 127 Å². The van der Waals surface area contributed by atoms with Crippen LogP contribution in [0.2, 0.25) is 0 Å². The van der Waals surface area contributed by atoms with Crippen LogP contribution < -0.4 is 14.9 Å². The minimum atomic E-state index is -0.490. The molecule has 0 atom stereocenters. The van der Waals surface area contributed by atoms with Crippen LogP contribution in [0.15, 0.2) is 47.6 Å². The van der Waals surface area contributed by atoms with Gasteiger partial charge in [-0.1, -0.05) is 6.07 Å². The second-order valence-corrected chi connectivity index (χ2v) is 4.32. The van der Waals surface area contributed by atoms with Crippen LogP contribution in [0.5, 0.6) is 11.5 Å². The van der Waals surface area contributed by atoms with Crippen molar-refractivity contribution in [3.05, 3.63) is 59.4 Å². The highest BCUT2D eigenvalue weighted by atomic mass is 19.1. The van der Waals surface area contributed by atoms with Gasteiger partial charge in [0.2, 0.25) is 0 Å². The first kappa shape index (κ1) is 15.5. The molecule has 6 heteroatoms. The highest BCUT2D eigenvalue weighted by Crippen LogP contribution is 2.26. The number of methoxy groups -OCH3 is 2. The van der Waals surface area contributed by atoms with Crippen LogP contribution in [0, 0.1) is 5.82 Å². The second kappa shape index (κ2) is 7.21. The summed E-state index contributed by atoms with van der Waals surface area (Å²) < 4.78 is 23.3. The van der Waals surface area contributed by atoms with Gasteiger partial charge < -0.3 is 9.47 Å². The van der Waals surface area contributed by atoms with E-state index in [0.717, 1.165) is 11.6 Å². The number of hydrazone groups is 1. The molecule has 0 radical (unpaired) electrons. The largest absolute Gasteiger partial charge is 0.493 e. The molecule has 5 nitrogen and oxygen atoms in total. The smallest absolute Gasteiger partial charge is 0.271 e. The van der Waals surface area contributed by atoms with E-state index in [9.17, 15) is 9.18 Å². The van der Waals surface area contributed by atoms with Gasteiger partial charge in [0.25, 0.3) is 5.91 Å². The maximum absolute atomic E-state index is 13.0. The zero-order valence-corrected chi connectivity index (χ0v) is 12.2. The van der Waals surface area contributed by atoms with E-state index in [4.69, 9.17) is 9.47 Å². The number of carbonyl (C=O) groups is 1. The van der Waals surface area contributed by atoms with Crippen molar-refractivity contribution in [3.63, 3.8) is 0 Å². The van der Waals surface area contributed by atoms with Gasteiger partial charge in [0.15, 0.2) is 11.5 Å². The molecule has 0 spiro atoms. The number of ether oxygens (including phenoxy) is 2. The molecule has 0 aliphatic heterocycles. The molecule has 0 fully saturated rings. The molecule has 0 saturated heterocycles. The minimum absolute atomic E-state index is 0.199. The summed E-state index contributed by atoms with van der Waals surface area (Å²) in [5, 5.41) is 3.84. The van der Waals surface area contributed by atoms with Crippen molar-refractivity contribution in [2.75, 3.05) is 14.2 Å². The summed E-state index contributed by atoms with van der Waals surface area (Å²) in [6.07, 6.45) is 1.46. The van der Waals surface area contributed by atoms with E-state index in [1.807, 2.05) is 0 Å². The van der Waals surface area contributed by atoms with Crippen LogP contribution >= 0.6 is 0 Å². The van der Waals surface area contributed by atoms with Crippen LogP contribution in [0.3, 0.4) is 0 Å². The monoisotopic (exact) mass is 302 g/mol. The van der Waals surface area contributed by atoms with Gasteiger partial charge in [0.1, 0.15) is 5.82 Å². The fourth-order valence-corrected chi connectivity index (χ4v) is 1.79. The average Bonchev–Trinajstić information content (AvgIpc) is 2.54. The maximum Gasteiger partial charge on any atom is 0.271 e. The number of benzene rings is 2. The SMILES string of the molecule is COc1ccc(C=NNC(=O)c2cccc(F)c2)cc1OC. The maximum atomic E-state index is 13.0. The Kier molecular flexibility index (Phi) is 5.08.